The molecule has 0 amide bonds. The van der Waals surface area contributed by atoms with E-state index in [9.17, 15) is 0 Å². The highest BCUT2D eigenvalue weighted by molar-refractivity contribution is 4.98. The Hall–Kier alpha value is -0.870. The van der Waals surface area contributed by atoms with E-state index in [-0.39, 0.29) is 0 Å². The molecule has 0 radical (unpaired) electrons. The summed E-state index contributed by atoms with van der Waals surface area (Å²) < 4.78 is 5.66. The van der Waals surface area contributed by atoms with Gasteiger partial charge in [0.25, 0.3) is 0 Å². The van der Waals surface area contributed by atoms with Gasteiger partial charge in [0.1, 0.15) is 5.76 Å². The molecule has 2 saturated heterocycles. The van der Waals surface area contributed by atoms with Crippen molar-refractivity contribution in [1.29, 1.82) is 0 Å². The molecule has 3 rings (SSSR count). The molecular weight excluding hydrogens is 238 g/mol. The van der Waals surface area contributed by atoms with Gasteiger partial charge >= 0.3 is 0 Å². The highest BCUT2D eigenvalue weighted by Gasteiger charge is 2.38. The monoisotopic (exact) mass is 263 g/mol. The lowest BCUT2D eigenvalue weighted by atomic mass is 9.81. The maximum Gasteiger partial charge on any atom is 0.208 e. The van der Waals surface area contributed by atoms with Crippen LogP contribution in [0.5, 0.6) is 0 Å². The average Bonchev–Trinajstić information content (AvgIpc) is 2.76. The third-order valence-electron chi connectivity index (χ3n) is 4.61. The zero-order chi connectivity index (χ0) is 13.2. The van der Waals surface area contributed by atoms with Crippen molar-refractivity contribution >= 4 is 0 Å². The van der Waals surface area contributed by atoms with Crippen LogP contribution in [0.1, 0.15) is 50.7 Å². The second-order valence-electron chi connectivity index (χ2n) is 6.00. The van der Waals surface area contributed by atoms with Crippen LogP contribution in [0.2, 0.25) is 0 Å². The second-order valence-corrected chi connectivity index (χ2v) is 6.00. The lowest BCUT2D eigenvalue weighted by Crippen LogP contribution is -2.55. The number of nitrogens with zero attached hydrogens (tertiary/aromatic N) is 2. The Bertz CT molecular complexity index is 403. The Morgan fingerprint density at radius 1 is 1.37 bits per heavy atom. The van der Waals surface area contributed by atoms with Crippen LogP contribution >= 0.6 is 0 Å². The lowest BCUT2D eigenvalue weighted by Gasteiger charge is -2.48. The van der Waals surface area contributed by atoms with E-state index in [2.05, 4.69) is 22.1 Å². The van der Waals surface area contributed by atoms with Crippen molar-refractivity contribution in [3.63, 3.8) is 0 Å². The van der Waals surface area contributed by atoms with Gasteiger partial charge in [0, 0.05) is 18.1 Å². The van der Waals surface area contributed by atoms with E-state index in [4.69, 9.17) is 4.42 Å². The van der Waals surface area contributed by atoms with Crippen molar-refractivity contribution in [2.24, 2.45) is 0 Å². The number of fused-ring (bicyclic) bond motifs is 2. The Morgan fingerprint density at radius 3 is 2.68 bits per heavy atom. The Balaban J connectivity index is 1.68. The van der Waals surface area contributed by atoms with E-state index in [1.54, 1.807) is 0 Å². The minimum absolute atomic E-state index is 0.711. The summed E-state index contributed by atoms with van der Waals surface area (Å²) in [6.07, 6.45) is 8.44. The Labute approximate surface area is 115 Å². The first-order valence-corrected chi connectivity index (χ1v) is 7.66. The number of hydrogen-bond acceptors (Lipinski definition) is 4. The fraction of sp³-hybridized carbons (Fsp3) is 0.800. The summed E-state index contributed by atoms with van der Waals surface area (Å²) in [5.41, 5.74) is 0. The fourth-order valence-corrected chi connectivity index (χ4v) is 3.82. The molecule has 0 spiro atoms. The molecule has 19 heavy (non-hydrogen) atoms. The molecule has 2 atom stereocenters. The maximum absolute atomic E-state index is 5.66. The summed E-state index contributed by atoms with van der Waals surface area (Å²) in [7, 11) is 0. The molecular formula is C15H25N3O. The zero-order valence-electron chi connectivity index (χ0n) is 12.1. The van der Waals surface area contributed by atoms with E-state index in [1.165, 1.54) is 32.1 Å². The SMILES string of the molecule is CCNC1CC2CCCC(C1)N2Cc1ncc(C)o1. The van der Waals surface area contributed by atoms with Crippen LogP contribution in [0, 0.1) is 6.92 Å². The molecule has 2 aliphatic heterocycles. The van der Waals surface area contributed by atoms with E-state index >= 15 is 0 Å². The van der Waals surface area contributed by atoms with Crippen molar-refractivity contribution in [3.05, 3.63) is 17.8 Å². The number of oxazole rings is 1. The molecule has 4 nitrogen and oxygen atoms in total. The summed E-state index contributed by atoms with van der Waals surface area (Å²) in [5, 5.41) is 3.64. The first-order valence-electron chi connectivity index (χ1n) is 7.66. The standard InChI is InChI=1S/C15H25N3O/c1-3-16-12-7-13-5-4-6-14(8-12)18(13)10-15-17-9-11(2)19-15/h9,12-14,16H,3-8,10H2,1-2H3. The van der Waals surface area contributed by atoms with Crippen LogP contribution in [0.15, 0.2) is 10.6 Å². The molecule has 2 bridgehead atoms. The quantitative estimate of drug-likeness (QED) is 0.906. The first kappa shape index (κ1) is 13.1. The van der Waals surface area contributed by atoms with E-state index in [0.717, 1.165) is 24.7 Å². The Kier molecular flexibility index (Phi) is 3.89. The van der Waals surface area contributed by atoms with Gasteiger partial charge in [0.2, 0.25) is 5.89 Å². The summed E-state index contributed by atoms with van der Waals surface area (Å²) in [6.45, 7) is 6.15. The predicted molar refractivity (Wildman–Crippen MR) is 74.9 cm³/mol. The third-order valence-corrected chi connectivity index (χ3v) is 4.61. The van der Waals surface area contributed by atoms with Crippen molar-refractivity contribution < 1.29 is 4.42 Å². The lowest BCUT2D eigenvalue weighted by molar-refractivity contribution is 0.0117. The maximum atomic E-state index is 5.66. The van der Waals surface area contributed by atoms with Gasteiger partial charge in [-0.05, 0) is 39.2 Å². The number of aromatic nitrogens is 1. The highest BCUT2D eigenvalue weighted by atomic mass is 16.4. The molecule has 1 N–H and O–H groups in total. The normalized spacial score (nSPS) is 31.6. The van der Waals surface area contributed by atoms with Crippen molar-refractivity contribution in [1.82, 2.24) is 15.2 Å². The summed E-state index contributed by atoms with van der Waals surface area (Å²) >= 11 is 0. The minimum Gasteiger partial charge on any atom is -0.445 e. The smallest absolute Gasteiger partial charge is 0.208 e. The van der Waals surface area contributed by atoms with Crippen LogP contribution in [0.25, 0.3) is 0 Å². The van der Waals surface area contributed by atoms with Crippen molar-refractivity contribution in [3.8, 4) is 0 Å². The van der Waals surface area contributed by atoms with Gasteiger partial charge in [-0.1, -0.05) is 13.3 Å². The topological polar surface area (TPSA) is 41.3 Å². The van der Waals surface area contributed by atoms with Crippen LogP contribution in [0.4, 0.5) is 0 Å². The summed E-state index contributed by atoms with van der Waals surface area (Å²) in [5.74, 6) is 1.80. The Morgan fingerprint density at radius 2 is 2.11 bits per heavy atom. The van der Waals surface area contributed by atoms with E-state index < -0.39 is 0 Å². The van der Waals surface area contributed by atoms with Crippen LogP contribution in [-0.2, 0) is 6.54 Å². The van der Waals surface area contributed by atoms with E-state index in [0.29, 0.717) is 18.1 Å². The third kappa shape index (κ3) is 2.84. The molecule has 1 aromatic rings. The molecule has 1 aromatic heterocycles. The molecule has 2 unspecified atom stereocenters. The van der Waals surface area contributed by atoms with Crippen LogP contribution in [0.3, 0.4) is 0 Å². The van der Waals surface area contributed by atoms with Crippen LogP contribution in [-0.4, -0.2) is 34.6 Å². The van der Waals surface area contributed by atoms with Gasteiger partial charge in [0.15, 0.2) is 0 Å². The van der Waals surface area contributed by atoms with E-state index in [1.807, 2.05) is 13.1 Å². The van der Waals surface area contributed by atoms with Gasteiger partial charge < -0.3 is 9.73 Å². The molecule has 3 heterocycles. The van der Waals surface area contributed by atoms with Crippen LogP contribution < -0.4 is 5.32 Å². The average molecular weight is 263 g/mol. The largest absolute Gasteiger partial charge is 0.445 e. The summed E-state index contributed by atoms with van der Waals surface area (Å²) in [4.78, 5) is 7.01. The minimum atomic E-state index is 0.711. The van der Waals surface area contributed by atoms with Crippen molar-refractivity contribution in [2.75, 3.05) is 6.54 Å². The van der Waals surface area contributed by atoms with Gasteiger partial charge in [-0.2, -0.15) is 0 Å². The number of hydrogen-bond donors (Lipinski definition) is 1. The van der Waals surface area contributed by atoms with Gasteiger partial charge in [-0.25, -0.2) is 4.98 Å². The summed E-state index contributed by atoms with van der Waals surface area (Å²) in [6, 6.07) is 2.13. The molecule has 2 fully saturated rings. The molecule has 0 aliphatic carbocycles. The molecule has 106 valence electrons. The van der Waals surface area contributed by atoms with Gasteiger partial charge in [-0.3, -0.25) is 4.90 Å². The number of nitrogens with one attached hydrogen (secondary N) is 1. The van der Waals surface area contributed by atoms with Gasteiger partial charge in [0.05, 0.1) is 12.7 Å². The number of piperidine rings is 2. The molecule has 4 heteroatoms. The fourth-order valence-electron chi connectivity index (χ4n) is 3.82. The van der Waals surface area contributed by atoms with Gasteiger partial charge in [-0.15, -0.1) is 0 Å². The predicted octanol–water partition coefficient (Wildman–Crippen LogP) is 2.48. The second kappa shape index (κ2) is 5.63. The highest BCUT2D eigenvalue weighted by Crippen LogP contribution is 2.35. The first-order chi connectivity index (χ1) is 9.26. The number of aryl methyl sites for hydroxylation is 1. The molecule has 2 aliphatic rings. The molecule has 0 saturated carbocycles. The van der Waals surface area contributed by atoms with Crippen molar-refractivity contribution in [2.45, 2.75) is 70.6 Å². The number of rotatable bonds is 4. The molecule has 0 aromatic carbocycles. The zero-order valence-corrected chi connectivity index (χ0v) is 12.1.